The number of hydrogen-bond donors (Lipinski definition) is 0. The summed E-state index contributed by atoms with van der Waals surface area (Å²) in [6.07, 6.45) is -4.03. The molecule has 0 bridgehead atoms. The topological polar surface area (TPSA) is 60.7 Å². The number of carbonyl (C=O) groups is 1. The molecule has 0 aliphatic rings. The second kappa shape index (κ2) is 3.67. The molecule has 2 rings (SSSR count). The number of tetrazole rings is 1. The van der Waals surface area contributed by atoms with E-state index in [1.165, 1.54) is 11.4 Å². The van der Waals surface area contributed by atoms with Gasteiger partial charge in [0.2, 0.25) is 0 Å². The van der Waals surface area contributed by atoms with Gasteiger partial charge in [-0.2, -0.15) is 13.2 Å². The summed E-state index contributed by atoms with van der Waals surface area (Å²) in [5, 5.41) is 10.7. The second-order valence-corrected chi connectivity index (χ2v) is 3.67. The van der Waals surface area contributed by atoms with Gasteiger partial charge in [0.15, 0.2) is 6.29 Å². The fourth-order valence-corrected chi connectivity index (χ4v) is 1.61. The van der Waals surface area contributed by atoms with Crippen molar-refractivity contribution in [2.75, 3.05) is 0 Å². The quantitative estimate of drug-likeness (QED) is 0.756. The Kier molecular flexibility index (Phi) is 2.46. The maximum Gasteiger partial charge on any atom is 0.455 e. The Morgan fingerprint density at radius 1 is 1.44 bits per heavy atom. The summed E-state index contributed by atoms with van der Waals surface area (Å²) >= 11 is 1.08. The van der Waals surface area contributed by atoms with Gasteiger partial charge in [0.25, 0.3) is 5.82 Å². The fourth-order valence-electron chi connectivity index (χ4n) is 0.946. The van der Waals surface area contributed by atoms with Crippen molar-refractivity contribution in [3.05, 3.63) is 22.1 Å². The van der Waals surface area contributed by atoms with E-state index in [9.17, 15) is 18.0 Å². The first kappa shape index (κ1) is 10.7. The van der Waals surface area contributed by atoms with Crippen molar-refractivity contribution < 1.29 is 18.0 Å². The van der Waals surface area contributed by atoms with Gasteiger partial charge in [-0.05, 0) is 11.3 Å². The molecule has 0 atom stereocenters. The average Bonchev–Trinajstić information content (AvgIpc) is 2.85. The molecule has 0 aliphatic heterocycles. The molecule has 0 aliphatic carbocycles. The predicted molar refractivity (Wildman–Crippen MR) is 47.4 cm³/mol. The predicted octanol–water partition coefficient (Wildman–Crippen LogP) is 1.56. The lowest BCUT2D eigenvalue weighted by Gasteiger charge is -1.96. The van der Waals surface area contributed by atoms with Crippen LogP contribution in [0.1, 0.15) is 15.5 Å². The van der Waals surface area contributed by atoms with E-state index >= 15 is 0 Å². The molecule has 0 fully saturated rings. The summed E-state index contributed by atoms with van der Waals surface area (Å²) < 4.78 is 36.5. The molecule has 0 saturated heterocycles. The van der Waals surface area contributed by atoms with Gasteiger partial charge in [0.1, 0.15) is 0 Å². The highest BCUT2D eigenvalue weighted by Crippen LogP contribution is 2.25. The summed E-state index contributed by atoms with van der Waals surface area (Å²) in [7, 11) is 0. The zero-order valence-electron chi connectivity index (χ0n) is 7.47. The van der Waals surface area contributed by atoms with E-state index in [0.29, 0.717) is 11.2 Å². The van der Waals surface area contributed by atoms with Gasteiger partial charge >= 0.3 is 6.18 Å². The number of rotatable bonds is 2. The molecule has 0 radical (unpaired) electrons. The number of aromatic nitrogens is 4. The first-order valence-electron chi connectivity index (χ1n) is 3.92. The molecule has 5 nitrogen and oxygen atoms in total. The van der Waals surface area contributed by atoms with E-state index in [4.69, 9.17) is 0 Å². The Morgan fingerprint density at radius 3 is 2.69 bits per heavy atom. The molecule has 0 saturated carbocycles. The molecule has 2 heterocycles. The molecular formula is C7H3F3N4OS. The lowest BCUT2D eigenvalue weighted by atomic mass is 10.4. The third-order valence-electron chi connectivity index (χ3n) is 1.62. The van der Waals surface area contributed by atoms with Crippen molar-refractivity contribution in [3.8, 4) is 5.69 Å². The molecule has 84 valence electrons. The minimum atomic E-state index is -4.62. The number of thiophene rings is 1. The van der Waals surface area contributed by atoms with Crippen molar-refractivity contribution in [1.29, 1.82) is 0 Å². The third kappa shape index (κ3) is 1.94. The Morgan fingerprint density at radius 2 is 2.19 bits per heavy atom. The zero-order valence-corrected chi connectivity index (χ0v) is 8.29. The van der Waals surface area contributed by atoms with E-state index in [0.717, 1.165) is 16.1 Å². The standard InChI is InChI=1S/C7H3F3N4OS/c8-7(9,10)6-11-13-14(12-6)4-1-5(2-15)16-3-4/h1-3H. The van der Waals surface area contributed by atoms with Gasteiger partial charge in [-0.25, -0.2) is 0 Å². The maximum absolute atomic E-state index is 12.2. The van der Waals surface area contributed by atoms with Crippen LogP contribution in [0.15, 0.2) is 11.4 Å². The monoisotopic (exact) mass is 248 g/mol. The summed E-state index contributed by atoms with van der Waals surface area (Å²) in [4.78, 5) is 11.5. The Hall–Kier alpha value is -1.77. The van der Waals surface area contributed by atoms with Crippen LogP contribution in [0.4, 0.5) is 13.2 Å². The molecule has 0 aromatic carbocycles. The Labute approximate surface area is 90.5 Å². The van der Waals surface area contributed by atoms with Crippen LogP contribution in [0.25, 0.3) is 5.69 Å². The van der Waals surface area contributed by atoms with Gasteiger partial charge in [-0.1, -0.05) is 0 Å². The maximum atomic E-state index is 12.2. The van der Waals surface area contributed by atoms with Crippen LogP contribution >= 0.6 is 11.3 Å². The lowest BCUT2D eigenvalue weighted by molar-refractivity contribution is -0.145. The average molecular weight is 248 g/mol. The van der Waals surface area contributed by atoms with E-state index < -0.39 is 12.0 Å². The fraction of sp³-hybridized carbons (Fsp3) is 0.143. The zero-order chi connectivity index (χ0) is 11.8. The molecular weight excluding hydrogens is 245 g/mol. The van der Waals surface area contributed by atoms with Gasteiger partial charge in [-0.15, -0.1) is 26.3 Å². The van der Waals surface area contributed by atoms with E-state index in [2.05, 4.69) is 15.4 Å². The molecule has 9 heteroatoms. The molecule has 0 amide bonds. The van der Waals surface area contributed by atoms with Crippen molar-refractivity contribution in [1.82, 2.24) is 20.2 Å². The number of halogens is 3. The van der Waals surface area contributed by atoms with Crippen molar-refractivity contribution in [2.24, 2.45) is 0 Å². The molecule has 0 N–H and O–H groups in total. The SMILES string of the molecule is O=Cc1cc(-n2nnc(C(F)(F)F)n2)cs1. The summed E-state index contributed by atoms with van der Waals surface area (Å²) in [6.45, 7) is 0. The van der Waals surface area contributed by atoms with Crippen LogP contribution in [0.5, 0.6) is 0 Å². The molecule has 2 aromatic heterocycles. The summed E-state index contributed by atoms with van der Waals surface area (Å²) in [5.41, 5.74) is 0.273. The number of alkyl halides is 3. The first-order chi connectivity index (χ1) is 7.50. The van der Waals surface area contributed by atoms with Crippen molar-refractivity contribution >= 4 is 17.6 Å². The third-order valence-corrected chi connectivity index (χ3v) is 2.47. The van der Waals surface area contributed by atoms with Crippen molar-refractivity contribution in [3.63, 3.8) is 0 Å². The van der Waals surface area contributed by atoms with E-state index in [1.54, 1.807) is 0 Å². The number of carbonyl (C=O) groups excluding carboxylic acids is 1. The van der Waals surface area contributed by atoms with Gasteiger partial charge in [0, 0.05) is 5.38 Å². The van der Waals surface area contributed by atoms with Gasteiger partial charge < -0.3 is 0 Å². The summed E-state index contributed by atoms with van der Waals surface area (Å²) in [5.74, 6) is -1.31. The molecule has 0 spiro atoms. The van der Waals surface area contributed by atoms with E-state index in [-0.39, 0.29) is 5.69 Å². The number of hydrogen-bond acceptors (Lipinski definition) is 5. The van der Waals surface area contributed by atoms with Crippen LogP contribution in [-0.4, -0.2) is 26.5 Å². The van der Waals surface area contributed by atoms with E-state index in [1.807, 2.05) is 0 Å². The van der Waals surface area contributed by atoms with Crippen LogP contribution in [0.3, 0.4) is 0 Å². The van der Waals surface area contributed by atoms with Crippen LogP contribution in [-0.2, 0) is 6.18 Å². The highest BCUT2D eigenvalue weighted by molar-refractivity contribution is 7.12. The van der Waals surface area contributed by atoms with Crippen LogP contribution in [0, 0.1) is 0 Å². The Bertz CT molecular complexity index is 518. The Balaban J connectivity index is 2.35. The molecule has 16 heavy (non-hydrogen) atoms. The first-order valence-corrected chi connectivity index (χ1v) is 4.80. The minimum absolute atomic E-state index is 0.273. The second-order valence-electron chi connectivity index (χ2n) is 2.73. The van der Waals surface area contributed by atoms with Crippen molar-refractivity contribution in [2.45, 2.75) is 6.18 Å². The van der Waals surface area contributed by atoms with Gasteiger partial charge in [-0.3, -0.25) is 4.79 Å². The minimum Gasteiger partial charge on any atom is -0.297 e. The smallest absolute Gasteiger partial charge is 0.297 e. The highest BCUT2D eigenvalue weighted by atomic mass is 32.1. The number of aldehydes is 1. The number of nitrogens with zero attached hydrogens (tertiary/aromatic N) is 4. The molecule has 0 unspecified atom stereocenters. The summed E-state index contributed by atoms with van der Waals surface area (Å²) in [6, 6.07) is 1.37. The van der Waals surface area contributed by atoms with Gasteiger partial charge in [0.05, 0.1) is 10.6 Å². The largest absolute Gasteiger partial charge is 0.455 e. The highest BCUT2D eigenvalue weighted by Gasteiger charge is 2.36. The normalized spacial score (nSPS) is 11.7. The lowest BCUT2D eigenvalue weighted by Crippen LogP contribution is -2.08. The molecule has 2 aromatic rings. The van der Waals surface area contributed by atoms with Crippen LogP contribution in [0.2, 0.25) is 0 Å². The van der Waals surface area contributed by atoms with Crippen LogP contribution < -0.4 is 0 Å².